The van der Waals surface area contributed by atoms with Gasteiger partial charge in [0.25, 0.3) is 11.8 Å². The molecule has 0 radical (unpaired) electrons. The van der Waals surface area contributed by atoms with Gasteiger partial charge in [0.15, 0.2) is 0 Å². The smallest absolute Gasteiger partial charge is 0.323 e. The Morgan fingerprint density at radius 3 is 2.65 bits per heavy atom. The van der Waals surface area contributed by atoms with Gasteiger partial charge in [-0.2, -0.15) is 0 Å². The molecule has 0 fully saturated rings. The first-order valence-corrected chi connectivity index (χ1v) is 10.7. The Bertz CT molecular complexity index is 1230. The van der Waals surface area contributed by atoms with E-state index in [0.717, 1.165) is 11.1 Å². The van der Waals surface area contributed by atoms with Crippen molar-refractivity contribution in [3.05, 3.63) is 94.6 Å². The summed E-state index contributed by atoms with van der Waals surface area (Å²) in [6.45, 7) is 2.45. The Balaban J connectivity index is 1.37. The number of anilines is 1. The Kier molecular flexibility index (Phi) is 6.53. The Morgan fingerprint density at radius 2 is 1.94 bits per heavy atom. The molecule has 1 aliphatic heterocycles. The normalized spacial score (nSPS) is 12.3. The van der Waals surface area contributed by atoms with Crippen molar-refractivity contribution in [1.29, 1.82) is 0 Å². The molecule has 2 N–H and O–H groups in total. The highest BCUT2D eigenvalue weighted by Gasteiger charge is 2.29. The highest BCUT2D eigenvalue weighted by atomic mass is 19.1. The third-order valence-electron chi connectivity index (χ3n) is 5.58. The number of imide groups is 1. The molecule has 1 aromatic heterocycles. The topological polar surface area (TPSA) is 94.6 Å². The third-order valence-corrected chi connectivity index (χ3v) is 5.58. The SMILES string of the molecule is Cc1ccc(C(=O)NC(=O)NCN2Cc3cc(N(C)Cc4cccnc4)c(F)cc3C2=O)cc1. The number of pyridine rings is 1. The van der Waals surface area contributed by atoms with E-state index in [-0.39, 0.29) is 24.7 Å². The molecule has 0 saturated heterocycles. The zero-order chi connectivity index (χ0) is 24.2. The second-order valence-electron chi connectivity index (χ2n) is 8.17. The Morgan fingerprint density at radius 1 is 1.18 bits per heavy atom. The molecular formula is C25H24FN5O3. The van der Waals surface area contributed by atoms with Crippen molar-refractivity contribution in [2.45, 2.75) is 20.0 Å². The lowest BCUT2D eigenvalue weighted by molar-refractivity contribution is 0.0770. The molecule has 9 heteroatoms. The van der Waals surface area contributed by atoms with E-state index in [1.807, 2.05) is 19.1 Å². The molecule has 0 saturated carbocycles. The van der Waals surface area contributed by atoms with E-state index in [9.17, 15) is 18.8 Å². The molecule has 0 unspecified atom stereocenters. The molecule has 2 heterocycles. The summed E-state index contributed by atoms with van der Waals surface area (Å²) in [7, 11) is 1.77. The van der Waals surface area contributed by atoms with Crippen LogP contribution < -0.4 is 15.5 Å². The maximum Gasteiger partial charge on any atom is 0.323 e. The number of halogens is 1. The van der Waals surface area contributed by atoms with Crippen molar-refractivity contribution >= 4 is 23.5 Å². The van der Waals surface area contributed by atoms with E-state index < -0.39 is 17.8 Å². The summed E-state index contributed by atoms with van der Waals surface area (Å²) in [5.41, 5.74) is 3.57. The lowest BCUT2D eigenvalue weighted by atomic mass is 10.1. The van der Waals surface area contributed by atoms with Gasteiger partial charge < -0.3 is 15.1 Å². The minimum absolute atomic E-state index is 0.122. The zero-order valence-electron chi connectivity index (χ0n) is 18.8. The van der Waals surface area contributed by atoms with Crippen molar-refractivity contribution in [3.8, 4) is 0 Å². The minimum atomic E-state index is -0.725. The van der Waals surface area contributed by atoms with Gasteiger partial charge >= 0.3 is 6.03 Å². The van der Waals surface area contributed by atoms with Crippen LogP contribution in [0.2, 0.25) is 0 Å². The van der Waals surface area contributed by atoms with E-state index in [0.29, 0.717) is 23.4 Å². The number of amides is 4. The summed E-state index contributed by atoms with van der Waals surface area (Å²) in [4.78, 5) is 44.2. The molecule has 0 spiro atoms. The number of fused-ring (bicyclic) bond motifs is 1. The fourth-order valence-electron chi connectivity index (χ4n) is 3.75. The van der Waals surface area contributed by atoms with Crippen molar-refractivity contribution in [2.24, 2.45) is 0 Å². The second-order valence-corrected chi connectivity index (χ2v) is 8.17. The van der Waals surface area contributed by atoms with Gasteiger partial charge in [-0.15, -0.1) is 0 Å². The molecule has 3 aromatic rings. The Labute approximate surface area is 196 Å². The highest BCUT2D eigenvalue weighted by molar-refractivity contribution is 6.04. The number of hydrogen-bond acceptors (Lipinski definition) is 5. The summed E-state index contributed by atoms with van der Waals surface area (Å²) in [5.74, 6) is -1.44. The predicted octanol–water partition coefficient (Wildman–Crippen LogP) is 3.22. The standard InChI is InChI=1S/C25H24FN5O3/c1-16-5-7-18(8-6-16)23(32)29-25(34)28-15-31-14-19-10-22(21(26)11-20(19)24(31)33)30(2)13-17-4-3-9-27-12-17/h3-12H,13-15H2,1-2H3,(H2,28,29,32,34). The monoisotopic (exact) mass is 461 g/mol. The van der Waals surface area contributed by atoms with Gasteiger partial charge in [0, 0.05) is 43.7 Å². The van der Waals surface area contributed by atoms with Crippen molar-refractivity contribution in [3.63, 3.8) is 0 Å². The molecule has 34 heavy (non-hydrogen) atoms. The first kappa shape index (κ1) is 22.9. The van der Waals surface area contributed by atoms with Gasteiger partial charge in [-0.25, -0.2) is 9.18 Å². The van der Waals surface area contributed by atoms with Gasteiger partial charge in [-0.05, 0) is 48.4 Å². The largest absolute Gasteiger partial charge is 0.368 e. The number of carbonyl (C=O) groups is 3. The fraction of sp³-hybridized carbons (Fsp3) is 0.200. The number of rotatable bonds is 6. The van der Waals surface area contributed by atoms with E-state index in [1.165, 1.54) is 11.0 Å². The van der Waals surface area contributed by atoms with Crippen molar-refractivity contribution in [2.75, 3.05) is 18.6 Å². The molecule has 0 bridgehead atoms. The molecule has 174 valence electrons. The number of aromatic nitrogens is 1. The molecule has 2 aromatic carbocycles. The van der Waals surface area contributed by atoms with E-state index in [4.69, 9.17) is 0 Å². The van der Waals surface area contributed by atoms with Crippen LogP contribution in [0.15, 0.2) is 60.9 Å². The van der Waals surface area contributed by atoms with Crippen LogP contribution in [-0.4, -0.2) is 41.4 Å². The number of urea groups is 1. The number of hydrogen-bond donors (Lipinski definition) is 2. The van der Waals surface area contributed by atoms with Crippen LogP contribution in [0.25, 0.3) is 0 Å². The lowest BCUT2D eigenvalue weighted by Crippen LogP contribution is -2.44. The molecule has 1 aliphatic rings. The summed E-state index contributed by atoms with van der Waals surface area (Å²) in [5, 5.41) is 4.74. The minimum Gasteiger partial charge on any atom is -0.368 e. The van der Waals surface area contributed by atoms with E-state index in [1.54, 1.807) is 54.7 Å². The fourth-order valence-corrected chi connectivity index (χ4v) is 3.75. The maximum atomic E-state index is 14.8. The summed E-state index contributed by atoms with van der Waals surface area (Å²) in [6, 6.07) is 12.7. The third kappa shape index (κ3) is 5.03. The summed E-state index contributed by atoms with van der Waals surface area (Å²) < 4.78 is 14.8. The van der Waals surface area contributed by atoms with Gasteiger partial charge in [-0.1, -0.05) is 23.8 Å². The number of aryl methyl sites for hydroxylation is 1. The average molecular weight is 461 g/mol. The van der Waals surface area contributed by atoms with Gasteiger partial charge in [0.05, 0.1) is 12.4 Å². The van der Waals surface area contributed by atoms with Crippen LogP contribution >= 0.6 is 0 Å². The maximum absolute atomic E-state index is 14.8. The number of nitrogens with one attached hydrogen (secondary N) is 2. The van der Waals surface area contributed by atoms with Gasteiger partial charge in [0.2, 0.25) is 0 Å². The Hall–Kier alpha value is -4.27. The lowest BCUT2D eigenvalue weighted by Gasteiger charge is -2.20. The average Bonchev–Trinajstić information content (AvgIpc) is 3.12. The first-order valence-electron chi connectivity index (χ1n) is 10.7. The van der Waals surface area contributed by atoms with Crippen LogP contribution in [0.1, 0.15) is 37.4 Å². The molecule has 8 nitrogen and oxygen atoms in total. The summed E-state index contributed by atoms with van der Waals surface area (Å²) >= 11 is 0. The van der Waals surface area contributed by atoms with Gasteiger partial charge in [-0.3, -0.25) is 19.9 Å². The predicted molar refractivity (Wildman–Crippen MR) is 125 cm³/mol. The number of benzene rings is 2. The van der Waals surface area contributed by atoms with Crippen LogP contribution in [0.4, 0.5) is 14.9 Å². The molecule has 0 aliphatic carbocycles. The molecule has 4 amide bonds. The highest BCUT2D eigenvalue weighted by Crippen LogP contribution is 2.30. The molecule has 0 atom stereocenters. The second kappa shape index (κ2) is 9.70. The van der Waals surface area contributed by atoms with Crippen LogP contribution in [-0.2, 0) is 13.1 Å². The van der Waals surface area contributed by atoms with E-state index >= 15 is 0 Å². The van der Waals surface area contributed by atoms with Crippen molar-refractivity contribution in [1.82, 2.24) is 20.5 Å². The van der Waals surface area contributed by atoms with Crippen LogP contribution in [0.3, 0.4) is 0 Å². The zero-order valence-corrected chi connectivity index (χ0v) is 18.8. The first-order chi connectivity index (χ1) is 16.3. The van der Waals surface area contributed by atoms with Gasteiger partial charge in [0.1, 0.15) is 5.82 Å². The van der Waals surface area contributed by atoms with Crippen LogP contribution in [0, 0.1) is 12.7 Å². The van der Waals surface area contributed by atoms with E-state index in [2.05, 4.69) is 15.6 Å². The summed E-state index contributed by atoms with van der Waals surface area (Å²) in [6.07, 6.45) is 3.39. The number of nitrogens with zero attached hydrogens (tertiary/aromatic N) is 3. The quantitative estimate of drug-likeness (QED) is 0.588. The molecule has 4 rings (SSSR count). The number of carbonyl (C=O) groups excluding carboxylic acids is 3. The molecular weight excluding hydrogens is 437 g/mol. The van der Waals surface area contributed by atoms with Crippen LogP contribution in [0.5, 0.6) is 0 Å². The van der Waals surface area contributed by atoms with Crippen molar-refractivity contribution < 1.29 is 18.8 Å².